The van der Waals surface area contributed by atoms with Gasteiger partial charge in [-0.3, -0.25) is 9.69 Å². The third-order valence-corrected chi connectivity index (χ3v) is 4.27. The molecule has 1 atom stereocenters. The number of hydrogen-bond donors (Lipinski definition) is 3. The minimum absolute atomic E-state index is 0. The first-order chi connectivity index (χ1) is 13.1. The highest BCUT2D eigenvalue weighted by Crippen LogP contribution is 2.09. The molecule has 8 heteroatoms. The summed E-state index contributed by atoms with van der Waals surface area (Å²) in [6.07, 6.45) is 5.38. The Bertz CT molecular complexity index is 683. The van der Waals surface area contributed by atoms with E-state index in [1.165, 1.54) is 0 Å². The first-order valence-corrected chi connectivity index (χ1v) is 9.33. The molecule has 1 aliphatic rings. The number of rotatable bonds is 7. The number of nitrogens with zero attached hydrogens (tertiary/aromatic N) is 2. The molecule has 0 aromatic heterocycles. The minimum Gasteiger partial charge on any atom is -0.379 e. The molecule has 3 N–H and O–H groups in total. The fourth-order valence-electron chi connectivity index (χ4n) is 2.77. The number of hydrogen-bond acceptors (Lipinski definition) is 4. The Hall–Kier alpha value is -1.83. The topological polar surface area (TPSA) is 78.0 Å². The molecule has 154 valence electrons. The van der Waals surface area contributed by atoms with Crippen LogP contribution >= 0.6 is 24.0 Å². The lowest BCUT2D eigenvalue weighted by Crippen LogP contribution is -2.49. The third kappa shape index (κ3) is 8.46. The summed E-state index contributed by atoms with van der Waals surface area (Å²) in [4.78, 5) is 18.9. The van der Waals surface area contributed by atoms with Crippen LogP contribution in [-0.4, -0.2) is 68.7 Å². The molecular formula is C20H30IN5O2. The van der Waals surface area contributed by atoms with E-state index in [1.54, 1.807) is 12.1 Å². The number of carbonyl (C=O) groups excluding carboxylic acids is 1. The molecule has 1 aliphatic heterocycles. The van der Waals surface area contributed by atoms with Gasteiger partial charge in [0.2, 0.25) is 5.91 Å². The number of amides is 1. The van der Waals surface area contributed by atoms with Gasteiger partial charge in [0.05, 0.1) is 13.2 Å². The summed E-state index contributed by atoms with van der Waals surface area (Å²) >= 11 is 0. The van der Waals surface area contributed by atoms with Crippen LogP contribution in [0.4, 0.5) is 5.69 Å². The summed E-state index contributed by atoms with van der Waals surface area (Å²) in [5.74, 6) is 2.99. The Morgan fingerprint density at radius 1 is 1.36 bits per heavy atom. The zero-order valence-electron chi connectivity index (χ0n) is 16.5. The molecule has 1 aromatic rings. The van der Waals surface area contributed by atoms with Crippen molar-refractivity contribution in [2.45, 2.75) is 19.9 Å². The Kier molecular flexibility index (Phi) is 11.6. The molecule has 0 saturated carbocycles. The standard InChI is InChI=1S/C20H29N5O2.HI/c1-4-17-7-6-8-18(13-17)24-19(26)15-23-20(21-5-2)22-14-16(3)25-9-11-27-12-10-25;/h1,6-8,13,16H,5,9-12,14-15H2,2-3H3,(H,24,26)(H2,21,22,23);1H. The van der Waals surface area contributed by atoms with Crippen LogP contribution in [0.15, 0.2) is 29.3 Å². The highest BCUT2D eigenvalue weighted by atomic mass is 127. The fourth-order valence-corrected chi connectivity index (χ4v) is 2.77. The van der Waals surface area contributed by atoms with Gasteiger partial charge in [0.1, 0.15) is 6.54 Å². The van der Waals surface area contributed by atoms with E-state index >= 15 is 0 Å². The minimum atomic E-state index is -0.192. The lowest BCUT2D eigenvalue weighted by atomic mass is 10.2. The van der Waals surface area contributed by atoms with E-state index in [-0.39, 0.29) is 36.4 Å². The molecule has 1 heterocycles. The number of ether oxygens (including phenoxy) is 1. The summed E-state index contributed by atoms with van der Waals surface area (Å²) in [6.45, 7) is 9.11. The number of benzene rings is 1. The monoisotopic (exact) mass is 499 g/mol. The van der Waals surface area contributed by atoms with Gasteiger partial charge in [-0.15, -0.1) is 30.4 Å². The Balaban J connectivity index is 0.00000392. The van der Waals surface area contributed by atoms with Gasteiger partial charge in [-0.25, -0.2) is 4.99 Å². The van der Waals surface area contributed by atoms with Crippen molar-refractivity contribution in [3.05, 3.63) is 29.8 Å². The number of morpholine rings is 1. The number of terminal acetylenes is 1. The largest absolute Gasteiger partial charge is 0.379 e. The maximum atomic E-state index is 12.2. The van der Waals surface area contributed by atoms with E-state index in [1.807, 2.05) is 19.1 Å². The second-order valence-corrected chi connectivity index (χ2v) is 6.35. The Morgan fingerprint density at radius 3 is 2.79 bits per heavy atom. The van der Waals surface area contributed by atoms with Crippen molar-refractivity contribution < 1.29 is 9.53 Å². The SMILES string of the molecule is C#Cc1cccc(NC(=O)CN=C(NCC)NCC(C)N2CCOCC2)c1.I. The van der Waals surface area contributed by atoms with Crippen LogP contribution in [0.2, 0.25) is 0 Å². The molecule has 7 nitrogen and oxygen atoms in total. The summed E-state index contributed by atoms with van der Waals surface area (Å²) in [5.41, 5.74) is 1.40. The molecule has 0 bridgehead atoms. The number of carbonyl (C=O) groups is 1. The van der Waals surface area contributed by atoms with Gasteiger partial charge >= 0.3 is 0 Å². The molecule has 28 heavy (non-hydrogen) atoms. The first kappa shape index (κ1) is 24.2. The van der Waals surface area contributed by atoms with Gasteiger partial charge in [-0.05, 0) is 32.0 Å². The number of anilines is 1. The normalized spacial score (nSPS) is 15.7. The van der Waals surface area contributed by atoms with E-state index in [4.69, 9.17) is 11.2 Å². The molecule has 1 unspecified atom stereocenters. The molecule has 0 spiro atoms. The van der Waals surface area contributed by atoms with Crippen LogP contribution < -0.4 is 16.0 Å². The summed E-state index contributed by atoms with van der Waals surface area (Å²) in [7, 11) is 0. The van der Waals surface area contributed by atoms with Crippen molar-refractivity contribution >= 4 is 41.5 Å². The first-order valence-electron chi connectivity index (χ1n) is 9.33. The smallest absolute Gasteiger partial charge is 0.246 e. The summed E-state index contributed by atoms with van der Waals surface area (Å²) < 4.78 is 5.39. The highest BCUT2D eigenvalue weighted by molar-refractivity contribution is 14.0. The van der Waals surface area contributed by atoms with Gasteiger partial charge in [-0.2, -0.15) is 0 Å². The van der Waals surface area contributed by atoms with Crippen LogP contribution in [0, 0.1) is 12.3 Å². The molecule has 1 saturated heterocycles. The zero-order valence-corrected chi connectivity index (χ0v) is 18.9. The van der Waals surface area contributed by atoms with Gasteiger partial charge in [0.15, 0.2) is 5.96 Å². The lowest BCUT2D eigenvalue weighted by Gasteiger charge is -2.32. The molecule has 1 fully saturated rings. The summed E-state index contributed by atoms with van der Waals surface area (Å²) in [6, 6.07) is 7.55. The maximum absolute atomic E-state index is 12.2. The number of nitrogens with one attached hydrogen (secondary N) is 3. The molecule has 0 radical (unpaired) electrons. The van der Waals surface area contributed by atoms with E-state index in [0.717, 1.165) is 45.0 Å². The summed E-state index contributed by atoms with van der Waals surface area (Å²) in [5, 5.41) is 9.28. The molecular weight excluding hydrogens is 469 g/mol. The molecule has 1 aromatic carbocycles. The van der Waals surface area contributed by atoms with E-state index in [9.17, 15) is 4.79 Å². The zero-order chi connectivity index (χ0) is 19.5. The fraction of sp³-hybridized carbons (Fsp3) is 0.500. The predicted octanol–water partition coefficient (Wildman–Crippen LogP) is 1.50. The van der Waals surface area contributed by atoms with Crippen LogP contribution in [0.1, 0.15) is 19.4 Å². The van der Waals surface area contributed by atoms with Crippen LogP contribution in [0.3, 0.4) is 0 Å². The van der Waals surface area contributed by atoms with Gasteiger partial charge in [-0.1, -0.05) is 12.0 Å². The average Bonchev–Trinajstić information content (AvgIpc) is 2.70. The van der Waals surface area contributed by atoms with Crippen LogP contribution in [0.5, 0.6) is 0 Å². The second kappa shape index (κ2) is 13.4. The number of guanidine groups is 1. The van der Waals surface area contributed by atoms with Crippen LogP contribution in [0.25, 0.3) is 0 Å². The molecule has 1 amide bonds. The highest BCUT2D eigenvalue weighted by Gasteiger charge is 2.17. The third-order valence-electron chi connectivity index (χ3n) is 4.27. The van der Waals surface area contributed by atoms with Crippen LogP contribution in [-0.2, 0) is 9.53 Å². The number of halogens is 1. The van der Waals surface area contributed by atoms with Gasteiger partial charge < -0.3 is 20.7 Å². The van der Waals surface area contributed by atoms with E-state index < -0.39 is 0 Å². The van der Waals surface area contributed by atoms with Crippen molar-refractivity contribution in [1.82, 2.24) is 15.5 Å². The quantitative estimate of drug-likeness (QED) is 0.230. The average molecular weight is 499 g/mol. The predicted molar refractivity (Wildman–Crippen MR) is 124 cm³/mol. The lowest BCUT2D eigenvalue weighted by molar-refractivity contribution is -0.114. The van der Waals surface area contributed by atoms with Crippen molar-refractivity contribution in [3.8, 4) is 12.3 Å². The Labute approximate surface area is 184 Å². The maximum Gasteiger partial charge on any atom is 0.246 e. The van der Waals surface area contributed by atoms with Crippen molar-refractivity contribution in [2.24, 2.45) is 4.99 Å². The van der Waals surface area contributed by atoms with Crippen molar-refractivity contribution in [3.63, 3.8) is 0 Å². The molecule has 2 rings (SSSR count). The Morgan fingerprint density at radius 2 is 2.11 bits per heavy atom. The van der Waals surface area contributed by atoms with E-state index in [2.05, 4.69) is 38.7 Å². The van der Waals surface area contributed by atoms with Crippen molar-refractivity contribution in [1.29, 1.82) is 0 Å². The number of aliphatic imine (C=N–C) groups is 1. The van der Waals surface area contributed by atoms with Gasteiger partial charge in [0.25, 0.3) is 0 Å². The van der Waals surface area contributed by atoms with E-state index in [0.29, 0.717) is 17.7 Å². The van der Waals surface area contributed by atoms with Crippen molar-refractivity contribution in [2.75, 3.05) is 51.3 Å². The molecule has 0 aliphatic carbocycles. The van der Waals surface area contributed by atoms with Gasteiger partial charge in [0, 0.05) is 43.5 Å². The second-order valence-electron chi connectivity index (χ2n) is 6.35.